The largest absolute Gasteiger partial charge is 0.487 e. The van der Waals surface area contributed by atoms with Crippen molar-refractivity contribution in [2.24, 2.45) is 0 Å². The lowest BCUT2D eigenvalue weighted by molar-refractivity contribution is -0.148. The fraction of sp³-hybridized carbons (Fsp3) is 0.318. The second kappa shape index (κ2) is 8.97. The van der Waals surface area contributed by atoms with Crippen LogP contribution in [0.5, 0.6) is 5.75 Å². The highest BCUT2D eigenvalue weighted by Crippen LogP contribution is 2.26. The van der Waals surface area contributed by atoms with Gasteiger partial charge in [0.2, 0.25) is 0 Å². The molecule has 4 rings (SSSR count). The number of ether oxygens (including phenoxy) is 1. The Labute approximate surface area is 181 Å². The van der Waals surface area contributed by atoms with E-state index in [9.17, 15) is 22.4 Å². The van der Waals surface area contributed by atoms with Gasteiger partial charge < -0.3 is 19.5 Å². The van der Waals surface area contributed by atoms with E-state index in [-0.39, 0.29) is 11.4 Å². The number of hydrogen-bond donors (Lipinski definition) is 1. The van der Waals surface area contributed by atoms with Crippen molar-refractivity contribution in [2.75, 3.05) is 42.6 Å². The molecule has 0 atom stereocenters. The zero-order valence-electron chi connectivity index (χ0n) is 17.1. The van der Waals surface area contributed by atoms with E-state index in [2.05, 4.69) is 14.8 Å². The van der Waals surface area contributed by atoms with Gasteiger partial charge in [0.15, 0.2) is 6.61 Å². The zero-order valence-corrected chi connectivity index (χ0v) is 17.1. The summed E-state index contributed by atoms with van der Waals surface area (Å²) in [5, 5.41) is 0. The summed E-state index contributed by atoms with van der Waals surface area (Å²) in [6, 6.07) is 14.2. The van der Waals surface area contributed by atoms with Gasteiger partial charge in [-0.15, -0.1) is 0 Å². The molecule has 0 amide bonds. The summed E-state index contributed by atoms with van der Waals surface area (Å²) in [6.07, 6.45) is -0.491. The van der Waals surface area contributed by atoms with Gasteiger partial charge in [0, 0.05) is 49.9 Å². The third kappa shape index (κ3) is 4.74. The number of benzene rings is 2. The van der Waals surface area contributed by atoms with Gasteiger partial charge in [0.05, 0.1) is 5.69 Å². The van der Waals surface area contributed by atoms with Crippen molar-refractivity contribution in [3.63, 3.8) is 0 Å². The third-order valence-electron chi connectivity index (χ3n) is 5.37. The van der Waals surface area contributed by atoms with Gasteiger partial charge in [0.25, 0.3) is 0 Å². The number of H-pyrrole nitrogens is 1. The lowest BCUT2D eigenvalue weighted by Crippen LogP contribution is -2.46. The summed E-state index contributed by atoms with van der Waals surface area (Å²) in [5.74, 6) is -4.06. The Morgan fingerprint density at radius 3 is 1.84 bits per heavy atom. The molecule has 1 fully saturated rings. The van der Waals surface area contributed by atoms with Gasteiger partial charge in [-0.1, -0.05) is 0 Å². The first kappa shape index (κ1) is 21.8. The van der Waals surface area contributed by atoms with Gasteiger partial charge >= 0.3 is 18.0 Å². The predicted molar refractivity (Wildman–Crippen MR) is 114 cm³/mol. The summed E-state index contributed by atoms with van der Waals surface area (Å²) < 4.78 is 56.8. The van der Waals surface area contributed by atoms with Crippen LogP contribution in [0.25, 0.3) is 5.69 Å². The predicted octanol–water partition coefficient (Wildman–Crippen LogP) is 3.77. The van der Waals surface area contributed by atoms with Crippen LogP contribution in [0.1, 0.15) is 0 Å². The third-order valence-corrected chi connectivity index (χ3v) is 5.37. The van der Waals surface area contributed by atoms with Crippen molar-refractivity contribution in [2.45, 2.75) is 12.3 Å². The molecular weight excluding hydrogens is 428 g/mol. The average molecular weight is 450 g/mol. The molecule has 1 N–H and O–H groups in total. The van der Waals surface area contributed by atoms with E-state index in [1.54, 1.807) is 24.5 Å². The highest BCUT2D eigenvalue weighted by Gasteiger charge is 2.41. The highest BCUT2D eigenvalue weighted by atomic mass is 19.3. The maximum atomic E-state index is 13.0. The SMILES string of the molecule is O=c1[nH]ccn1-c1ccc(N2CCN(c3ccc(OCC(F)(F)C(F)F)cc3)CC2)cc1. The molecule has 0 radical (unpaired) electrons. The molecule has 3 aromatic rings. The second-order valence-corrected chi connectivity index (χ2v) is 7.47. The van der Waals surface area contributed by atoms with E-state index < -0.39 is 19.0 Å². The van der Waals surface area contributed by atoms with Gasteiger partial charge in [-0.05, 0) is 48.5 Å². The van der Waals surface area contributed by atoms with Gasteiger partial charge in [-0.2, -0.15) is 8.78 Å². The molecule has 1 saturated heterocycles. The molecule has 2 heterocycles. The van der Waals surface area contributed by atoms with Gasteiger partial charge in [0.1, 0.15) is 5.75 Å². The van der Waals surface area contributed by atoms with Crippen molar-refractivity contribution in [1.29, 1.82) is 0 Å². The fourth-order valence-electron chi connectivity index (χ4n) is 3.57. The lowest BCUT2D eigenvalue weighted by Gasteiger charge is -2.37. The maximum absolute atomic E-state index is 13.0. The van der Waals surface area contributed by atoms with E-state index in [1.165, 1.54) is 16.7 Å². The molecule has 0 unspecified atom stereocenters. The Balaban J connectivity index is 1.32. The van der Waals surface area contributed by atoms with Crippen molar-refractivity contribution in [1.82, 2.24) is 9.55 Å². The minimum atomic E-state index is -4.18. The van der Waals surface area contributed by atoms with Crippen molar-refractivity contribution < 1.29 is 22.3 Å². The standard InChI is InChI=1S/C22H22F4N4O2/c23-20(24)22(25,26)15-32-19-7-5-17(6-8-19)29-13-11-28(12-14-29)16-1-3-18(4-2-16)30-10-9-27-21(30)31/h1-10,20H,11-15H2,(H,27,31). The van der Waals surface area contributed by atoms with E-state index in [1.807, 2.05) is 24.3 Å². The number of alkyl halides is 4. The van der Waals surface area contributed by atoms with Crippen molar-refractivity contribution in [3.8, 4) is 11.4 Å². The Hall–Kier alpha value is -3.43. The number of aromatic amines is 1. The molecule has 170 valence electrons. The number of imidazole rings is 1. The first-order valence-corrected chi connectivity index (χ1v) is 10.1. The average Bonchev–Trinajstić information content (AvgIpc) is 3.24. The van der Waals surface area contributed by atoms with Gasteiger partial charge in [-0.25, -0.2) is 13.6 Å². The summed E-state index contributed by atoms with van der Waals surface area (Å²) in [4.78, 5) is 18.7. The molecule has 0 spiro atoms. The molecule has 32 heavy (non-hydrogen) atoms. The normalized spacial score (nSPS) is 14.8. The maximum Gasteiger partial charge on any atom is 0.340 e. The molecule has 10 heteroatoms. The van der Waals surface area contributed by atoms with E-state index in [0.717, 1.165) is 43.2 Å². The van der Waals surface area contributed by atoms with Crippen LogP contribution in [0.3, 0.4) is 0 Å². The van der Waals surface area contributed by atoms with Gasteiger partial charge in [-0.3, -0.25) is 4.57 Å². The zero-order chi connectivity index (χ0) is 22.7. The topological polar surface area (TPSA) is 53.5 Å². The molecule has 0 bridgehead atoms. The van der Waals surface area contributed by atoms with Crippen LogP contribution in [0, 0.1) is 0 Å². The summed E-state index contributed by atoms with van der Waals surface area (Å²) >= 11 is 0. The summed E-state index contributed by atoms with van der Waals surface area (Å²) in [5.41, 5.74) is 2.55. The van der Waals surface area contributed by atoms with Crippen LogP contribution in [0.15, 0.2) is 65.7 Å². The number of rotatable bonds is 7. The number of aromatic nitrogens is 2. The summed E-state index contributed by atoms with van der Waals surface area (Å²) in [6.45, 7) is 1.70. The minimum absolute atomic E-state index is 0.120. The highest BCUT2D eigenvalue weighted by molar-refractivity contribution is 5.54. The second-order valence-electron chi connectivity index (χ2n) is 7.47. The number of halogens is 4. The smallest absolute Gasteiger partial charge is 0.340 e. The van der Waals surface area contributed by atoms with E-state index >= 15 is 0 Å². The van der Waals surface area contributed by atoms with Crippen LogP contribution in [0.2, 0.25) is 0 Å². The fourth-order valence-corrected chi connectivity index (χ4v) is 3.57. The number of nitrogens with one attached hydrogen (secondary N) is 1. The Morgan fingerprint density at radius 1 is 0.875 bits per heavy atom. The first-order chi connectivity index (χ1) is 15.3. The van der Waals surface area contributed by atoms with Crippen LogP contribution < -0.4 is 20.2 Å². The Kier molecular flexibility index (Phi) is 6.11. The van der Waals surface area contributed by atoms with Crippen LogP contribution in [0.4, 0.5) is 28.9 Å². The van der Waals surface area contributed by atoms with Crippen molar-refractivity contribution >= 4 is 11.4 Å². The molecule has 1 aromatic heterocycles. The monoisotopic (exact) mass is 450 g/mol. The number of hydrogen-bond acceptors (Lipinski definition) is 4. The van der Waals surface area contributed by atoms with Crippen LogP contribution in [-0.4, -0.2) is 54.7 Å². The quantitative estimate of drug-likeness (QED) is 0.557. The van der Waals surface area contributed by atoms with E-state index in [0.29, 0.717) is 0 Å². The first-order valence-electron chi connectivity index (χ1n) is 10.1. The molecule has 0 aliphatic carbocycles. The van der Waals surface area contributed by atoms with E-state index in [4.69, 9.17) is 4.74 Å². The number of anilines is 2. The number of piperazine rings is 1. The van der Waals surface area contributed by atoms with Crippen LogP contribution in [-0.2, 0) is 0 Å². The molecule has 1 aliphatic heterocycles. The summed E-state index contributed by atoms with van der Waals surface area (Å²) in [7, 11) is 0. The minimum Gasteiger partial charge on any atom is -0.487 e. The molecule has 2 aromatic carbocycles. The Morgan fingerprint density at radius 2 is 1.38 bits per heavy atom. The molecular formula is C22H22F4N4O2. The molecule has 6 nitrogen and oxygen atoms in total. The Bertz CT molecular complexity index is 1070. The lowest BCUT2D eigenvalue weighted by atomic mass is 10.2. The number of nitrogens with zero attached hydrogens (tertiary/aromatic N) is 3. The molecule has 0 saturated carbocycles. The van der Waals surface area contributed by atoms with Crippen LogP contribution >= 0.6 is 0 Å². The van der Waals surface area contributed by atoms with Crippen molar-refractivity contribution in [3.05, 3.63) is 71.4 Å². The molecule has 1 aliphatic rings.